The average molecular weight is 540 g/mol. The topological polar surface area (TPSA) is 66.0 Å². The summed E-state index contributed by atoms with van der Waals surface area (Å²) in [5.41, 5.74) is 2.35. The van der Waals surface area contributed by atoms with Crippen molar-refractivity contribution in [2.75, 3.05) is 7.05 Å². The summed E-state index contributed by atoms with van der Waals surface area (Å²) < 4.78 is 5.65. The smallest absolute Gasteiger partial charge is 0.410 e. The minimum Gasteiger partial charge on any atom is -0.444 e. The van der Waals surface area contributed by atoms with Crippen LogP contribution in [0.5, 0.6) is 0 Å². The lowest BCUT2D eigenvalue weighted by molar-refractivity contribution is 0.00545. The van der Waals surface area contributed by atoms with E-state index >= 15 is 0 Å². The average Bonchev–Trinajstić information content (AvgIpc) is 3.37. The fourth-order valence-electron chi connectivity index (χ4n) is 5.15. The van der Waals surface area contributed by atoms with E-state index in [0.717, 1.165) is 38.1 Å². The van der Waals surface area contributed by atoms with Gasteiger partial charge in [0.25, 0.3) is 0 Å². The van der Waals surface area contributed by atoms with Crippen LogP contribution in [0.25, 0.3) is 0 Å². The molecule has 2 saturated heterocycles. The molecule has 6 nitrogen and oxygen atoms in total. The molecule has 1 aromatic rings. The minimum atomic E-state index is -0.449. The van der Waals surface area contributed by atoms with Crippen LogP contribution in [0.4, 0.5) is 4.79 Å². The number of hydrogen-bond donors (Lipinski definition) is 2. The highest BCUT2D eigenvalue weighted by Gasteiger charge is 2.45. The second-order valence-electron chi connectivity index (χ2n) is 10.1. The molecule has 0 radical (unpaired) electrons. The van der Waals surface area contributed by atoms with Gasteiger partial charge in [0.15, 0.2) is 5.96 Å². The molecule has 0 aromatic heterocycles. The Hall–Kier alpha value is -1.51. The third-order valence-electron chi connectivity index (χ3n) is 6.60. The zero-order valence-electron chi connectivity index (χ0n) is 19.4. The SMILES string of the molecule is CN=C(NC1CC2CCC(C1)N2C(=O)OC(C)(C)C)NC1CC1c1ccccc1C.I. The van der Waals surface area contributed by atoms with Crippen molar-refractivity contribution in [1.29, 1.82) is 0 Å². The number of fused-ring (bicyclic) bond motifs is 2. The van der Waals surface area contributed by atoms with Crippen molar-refractivity contribution in [1.82, 2.24) is 15.5 Å². The maximum Gasteiger partial charge on any atom is 0.410 e. The van der Waals surface area contributed by atoms with E-state index in [0.29, 0.717) is 18.0 Å². The number of carbonyl (C=O) groups is 1. The highest BCUT2D eigenvalue weighted by molar-refractivity contribution is 14.0. The lowest BCUT2D eigenvalue weighted by Gasteiger charge is -2.40. The van der Waals surface area contributed by atoms with Crippen LogP contribution in [0.3, 0.4) is 0 Å². The molecular formula is C24H37IN4O2. The summed E-state index contributed by atoms with van der Waals surface area (Å²) in [6.07, 6.45) is 5.01. The maximum absolute atomic E-state index is 12.7. The number of aliphatic imine (C=N–C) groups is 1. The van der Waals surface area contributed by atoms with Gasteiger partial charge in [-0.1, -0.05) is 24.3 Å². The quantitative estimate of drug-likeness (QED) is 0.335. The Bertz CT molecular complexity index is 808. The van der Waals surface area contributed by atoms with E-state index in [9.17, 15) is 4.79 Å². The molecule has 4 atom stereocenters. The normalized spacial score (nSPS) is 29.8. The molecule has 1 saturated carbocycles. The molecule has 31 heavy (non-hydrogen) atoms. The largest absolute Gasteiger partial charge is 0.444 e. The zero-order valence-corrected chi connectivity index (χ0v) is 21.7. The van der Waals surface area contributed by atoms with Gasteiger partial charge in [-0.25, -0.2) is 4.79 Å². The summed E-state index contributed by atoms with van der Waals surface area (Å²) in [6, 6.07) is 9.94. The van der Waals surface area contributed by atoms with Crippen LogP contribution in [0, 0.1) is 6.92 Å². The summed E-state index contributed by atoms with van der Waals surface area (Å²) in [5.74, 6) is 1.45. The Morgan fingerprint density at radius 1 is 1.10 bits per heavy atom. The molecule has 4 unspecified atom stereocenters. The first kappa shape index (κ1) is 24.1. The Labute approximate surface area is 203 Å². The Morgan fingerprint density at radius 2 is 1.74 bits per heavy atom. The van der Waals surface area contributed by atoms with Crippen LogP contribution in [0.15, 0.2) is 29.3 Å². The van der Waals surface area contributed by atoms with Crippen LogP contribution in [-0.2, 0) is 4.74 Å². The van der Waals surface area contributed by atoms with Crippen molar-refractivity contribution in [3.8, 4) is 0 Å². The highest BCUT2D eigenvalue weighted by Crippen LogP contribution is 2.42. The van der Waals surface area contributed by atoms with Gasteiger partial charge in [-0.15, -0.1) is 24.0 Å². The molecule has 1 aromatic carbocycles. The maximum atomic E-state index is 12.7. The number of amides is 1. The van der Waals surface area contributed by atoms with Gasteiger partial charge in [-0.05, 0) is 70.9 Å². The van der Waals surface area contributed by atoms with E-state index in [1.807, 2.05) is 32.7 Å². The van der Waals surface area contributed by atoms with Crippen LogP contribution in [0.1, 0.15) is 69.9 Å². The molecule has 4 rings (SSSR count). The summed E-state index contributed by atoms with van der Waals surface area (Å²) in [6.45, 7) is 7.97. The molecular weight excluding hydrogens is 503 g/mol. The molecule has 1 aliphatic carbocycles. The van der Waals surface area contributed by atoms with Gasteiger partial charge in [-0.2, -0.15) is 0 Å². The van der Waals surface area contributed by atoms with Gasteiger partial charge in [0.05, 0.1) is 0 Å². The summed E-state index contributed by atoms with van der Waals surface area (Å²) in [4.78, 5) is 19.1. The lowest BCUT2D eigenvalue weighted by atomic mass is 9.98. The summed E-state index contributed by atoms with van der Waals surface area (Å²) in [7, 11) is 1.84. The predicted octanol–water partition coefficient (Wildman–Crippen LogP) is 4.56. The standard InChI is InChI=1S/C24H36N4O2.HI/c1-15-8-6-7-9-19(15)20-14-21(20)27-22(25-5)26-16-12-17-10-11-18(13-16)28(17)23(29)30-24(2,3)4;/h6-9,16-18,20-21H,10-14H2,1-5H3,(H2,25,26,27);1H. The molecule has 7 heteroatoms. The van der Waals surface area contributed by atoms with Gasteiger partial charge < -0.3 is 20.3 Å². The fourth-order valence-corrected chi connectivity index (χ4v) is 5.15. The van der Waals surface area contributed by atoms with Crippen molar-refractivity contribution in [3.63, 3.8) is 0 Å². The fraction of sp³-hybridized carbons (Fsp3) is 0.667. The number of piperidine rings is 1. The summed E-state index contributed by atoms with van der Waals surface area (Å²) >= 11 is 0. The number of guanidine groups is 1. The van der Waals surface area contributed by atoms with E-state index in [1.54, 1.807) is 0 Å². The third kappa shape index (κ3) is 5.65. The summed E-state index contributed by atoms with van der Waals surface area (Å²) in [5, 5.41) is 7.24. The van der Waals surface area contributed by atoms with Crippen molar-refractivity contribution in [2.24, 2.45) is 4.99 Å². The van der Waals surface area contributed by atoms with Crippen LogP contribution >= 0.6 is 24.0 Å². The molecule has 2 heterocycles. The Morgan fingerprint density at radius 3 is 2.32 bits per heavy atom. The molecule has 172 valence electrons. The van der Waals surface area contributed by atoms with Crippen LogP contribution < -0.4 is 10.6 Å². The number of nitrogens with one attached hydrogen (secondary N) is 2. The first-order chi connectivity index (χ1) is 14.2. The molecule has 0 spiro atoms. The van der Waals surface area contributed by atoms with E-state index in [4.69, 9.17) is 4.74 Å². The van der Waals surface area contributed by atoms with Crippen LogP contribution in [0.2, 0.25) is 0 Å². The second-order valence-corrected chi connectivity index (χ2v) is 10.1. The first-order valence-electron chi connectivity index (χ1n) is 11.3. The zero-order chi connectivity index (χ0) is 21.5. The highest BCUT2D eigenvalue weighted by atomic mass is 127. The Balaban J connectivity index is 0.00000272. The number of rotatable bonds is 3. The molecule has 1 amide bonds. The number of halogens is 1. The van der Waals surface area contributed by atoms with E-state index in [-0.39, 0.29) is 42.2 Å². The number of ether oxygens (including phenoxy) is 1. The third-order valence-corrected chi connectivity index (χ3v) is 6.60. The van der Waals surface area contributed by atoms with E-state index in [2.05, 4.69) is 46.8 Å². The predicted molar refractivity (Wildman–Crippen MR) is 135 cm³/mol. The van der Waals surface area contributed by atoms with Gasteiger partial charge >= 0.3 is 6.09 Å². The minimum absolute atomic E-state index is 0. The monoisotopic (exact) mass is 540 g/mol. The van der Waals surface area contributed by atoms with Gasteiger partial charge in [0, 0.05) is 37.1 Å². The number of aryl methyl sites for hydroxylation is 1. The number of benzene rings is 1. The molecule has 2 N–H and O–H groups in total. The van der Waals surface area contributed by atoms with E-state index in [1.165, 1.54) is 11.1 Å². The van der Waals surface area contributed by atoms with Gasteiger partial charge in [0.2, 0.25) is 0 Å². The Kier molecular flexibility index (Phi) is 7.43. The van der Waals surface area contributed by atoms with Gasteiger partial charge in [0.1, 0.15) is 5.60 Å². The number of carbonyl (C=O) groups excluding carboxylic acids is 1. The molecule has 2 aliphatic heterocycles. The molecule has 3 fully saturated rings. The van der Waals surface area contributed by atoms with Crippen LogP contribution in [-0.4, -0.2) is 53.8 Å². The van der Waals surface area contributed by atoms with Gasteiger partial charge in [-0.3, -0.25) is 4.99 Å². The number of hydrogen-bond acceptors (Lipinski definition) is 3. The first-order valence-corrected chi connectivity index (χ1v) is 11.3. The van der Waals surface area contributed by atoms with Crippen molar-refractivity contribution < 1.29 is 9.53 Å². The second kappa shape index (κ2) is 9.55. The number of nitrogens with zero attached hydrogens (tertiary/aromatic N) is 2. The van der Waals surface area contributed by atoms with Crippen molar-refractivity contribution in [3.05, 3.63) is 35.4 Å². The van der Waals surface area contributed by atoms with E-state index < -0.39 is 5.60 Å². The molecule has 3 aliphatic rings. The lowest BCUT2D eigenvalue weighted by Crippen LogP contribution is -2.55. The molecule has 2 bridgehead atoms. The van der Waals surface area contributed by atoms with Crippen molar-refractivity contribution in [2.45, 2.75) is 95.5 Å². The van der Waals surface area contributed by atoms with Crippen molar-refractivity contribution >= 4 is 36.0 Å².